The number of benzene rings is 2. The Morgan fingerprint density at radius 2 is 1.84 bits per heavy atom. The number of rotatable bonds is 7. The zero-order valence-corrected chi connectivity index (χ0v) is 15.5. The van der Waals surface area contributed by atoms with E-state index in [0.717, 1.165) is 15.6 Å². The van der Waals surface area contributed by atoms with Crippen molar-refractivity contribution < 1.29 is 18.7 Å². The molecule has 0 N–H and O–H groups in total. The van der Waals surface area contributed by atoms with E-state index < -0.39 is 5.97 Å². The summed E-state index contributed by atoms with van der Waals surface area (Å²) in [7, 11) is 0. The smallest absolute Gasteiger partial charge is 0.325 e. The summed E-state index contributed by atoms with van der Waals surface area (Å²) in [4.78, 5) is 25.9. The van der Waals surface area contributed by atoms with Gasteiger partial charge in [-0.05, 0) is 42.3 Å². The van der Waals surface area contributed by atoms with Gasteiger partial charge in [-0.2, -0.15) is 0 Å². The Hall–Kier alpha value is -2.21. The van der Waals surface area contributed by atoms with Crippen LogP contribution in [0.1, 0.15) is 18.1 Å². The molecule has 0 radical (unpaired) electrons. The molecule has 4 nitrogen and oxygen atoms in total. The van der Waals surface area contributed by atoms with E-state index >= 15 is 0 Å². The Morgan fingerprint density at radius 1 is 1.12 bits per heavy atom. The minimum atomic E-state index is -0.466. The van der Waals surface area contributed by atoms with Gasteiger partial charge in [0, 0.05) is 11.0 Å². The number of hydrogen-bond acceptors (Lipinski definition) is 3. The van der Waals surface area contributed by atoms with Gasteiger partial charge < -0.3 is 9.64 Å². The van der Waals surface area contributed by atoms with Crippen molar-refractivity contribution in [1.29, 1.82) is 0 Å². The van der Waals surface area contributed by atoms with E-state index in [4.69, 9.17) is 4.74 Å². The molecule has 0 atom stereocenters. The number of carbonyl (C=O) groups is 2. The van der Waals surface area contributed by atoms with Crippen molar-refractivity contribution >= 4 is 27.8 Å². The predicted octanol–water partition coefficient (Wildman–Crippen LogP) is 3.72. The van der Waals surface area contributed by atoms with E-state index in [0.29, 0.717) is 0 Å². The van der Waals surface area contributed by atoms with Gasteiger partial charge >= 0.3 is 5.97 Å². The van der Waals surface area contributed by atoms with Gasteiger partial charge in [-0.1, -0.05) is 40.2 Å². The Kier molecular flexibility index (Phi) is 7.13. The van der Waals surface area contributed by atoms with E-state index in [1.165, 1.54) is 17.0 Å². The van der Waals surface area contributed by atoms with E-state index in [1.807, 2.05) is 24.3 Å². The minimum absolute atomic E-state index is 0.141. The van der Waals surface area contributed by atoms with Crippen molar-refractivity contribution in [2.45, 2.75) is 19.9 Å². The first kappa shape index (κ1) is 19.1. The lowest BCUT2D eigenvalue weighted by molar-refractivity contribution is -0.149. The van der Waals surface area contributed by atoms with Crippen molar-refractivity contribution in [3.63, 3.8) is 0 Å². The van der Waals surface area contributed by atoms with Gasteiger partial charge in [-0.3, -0.25) is 9.59 Å². The highest BCUT2D eigenvalue weighted by Crippen LogP contribution is 2.14. The summed E-state index contributed by atoms with van der Waals surface area (Å²) in [6.07, 6.45) is 0.167. The summed E-state index contributed by atoms with van der Waals surface area (Å²) in [6, 6.07) is 13.3. The minimum Gasteiger partial charge on any atom is -0.465 e. The molecule has 2 rings (SSSR count). The number of amides is 1. The molecule has 0 aromatic heterocycles. The number of esters is 1. The third-order valence-electron chi connectivity index (χ3n) is 3.51. The second-order valence-electron chi connectivity index (χ2n) is 5.49. The van der Waals surface area contributed by atoms with Crippen LogP contribution in [0.2, 0.25) is 0 Å². The summed E-state index contributed by atoms with van der Waals surface area (Å²) < 4.78 is 18.9. The molecule has 25 heavy (non-hydrogen) atoms. The molecule has 0 heterocycles. The molecular weight excluding hydrogens is 389 g/mol. The van der Waals surface area contributed by atoms with E-state index in [2.05, 4.69) is 15.9 Å². The first-order valence-electron chi connectivity index (χ1n) is 7.90. The maximum Gasteiger partial charge on any atom is 0.325 e. The Bertz CT molecular complexity index is 734. The molecule has 0 unspecified atom stereocenters. The molecule has 2 aromatic rings. The normalized spacial score (nSPS) is 10.4. The lowest BCUT2D eigenvalue weighted by atomic mass is 10.1. The van der Waals surface area contributed by atoms with Crippen molar-refractivity contribution in [3.05, 3.63) is 69.9 Å². The number of hydrogen-bond donors (Lipinski definition) is 0. The van der Waals surface area contributed by atoms with Crippen molar-refractivity contribution in [2.24, 2.45) is 0 Å². The maximum atomic E-state index is 13.1. The van der Waals surface area contributed by atoms with E-state index in [1.54, 1.807) is 19.1 Å². The van der Waals surface area contributed by atoms with Crippen molar-refractivity contribution in [3.8, 4) is 0 Å². The van der Waals surface area contributed by atoms with Gasteiger partial charge in [-0.25, -0.2) is 4.39 Å². The van der Waals surface area contributed by atoms with Gasteiger partial charge in [0.05, 0.1) is 13.0 Å². The zero-order chi connectivity index (χ0) is 18.2. The standard InChI is InChI=1S/C19H19BrFNO3/c1-2-25-19(24)13-22(12-14-6-8-17(21)9-7-14)18(23)11-15-4-3-5-16(20)10-15/h3-10H,2,11-13H2,1H3. The average molecular weight is 408 g/mol. The van der Waals surface area contributed by atoms with Crippen LogP contribution in [-0.2, 0) is 27.3 Å². The van der Waals surface area contributed by atoms with Gasteiger partial charge in [0.25, 0.3) is 0 Å². The first-order valence-corrected chi connectivity index (χ1v) is 8.69. The maximum absolute atomic E-state index is 13.1. The van der Waals surface area contributed by atoms with Gasteiger partial charge in [0.2, 0.25) is 5.91 Å². The highest BCUT2D eigenvalue weighted by molar-refractivity contribution is 9.10. The van der Waals surface area contributed by atoms with Crippen LogP contribution < -0.4 is 0 Å². The molecule has 0 saturated carbocycles. The first-order chi connectivity index (χ1) is 12.0. The zero-order valence-electron chi connectivity index (χ0n) is 13.9. The topological polar surface area (TPSA) is 46.6 Å². The van der Waals surface area contributed by atoms with E-state index in [9.17, 15) is 14.0 Å². The molecule has 6 heteroatoms. The van der Waals surface area contributed by atoms with Crippen LogP contribution in [0.5, 0.6) is 0 Å². The highest BCUT2D eigenvalue weighted by atomic mass is 79.9. The Balaban J connectivity index is 2.12. The van der Waals surface area contributed by atoms with Crippen LogP contribution in [0.25, 0.3) is 0 Å². The SMILES string of the molecule is CCOC(=O)CN(Cc1ccc(F)cc1)C(=O)Cc1cccc(Br)c1. The quantitative estimate of drug-likeness (QED) is 0.657. The fourth-order valence-corrected chi connectivity index (χ4v) is 2.78. The molecular formula is C19H19BrFNO3. The third kappa shape index (κ3) is 6.31. The molecule has 0 aliphatic heterocycles. The van der Waals surface area contributed by atoms with Crippen molar-refractivity contribution in [2.75, 3.05) is 13.2 Å². The van der Waals surface area contributed by atoms with Gasteiger partial charge in [-0.15, -0.1) is 0 Å². The summed E-state index contributed by atoms with van der Waals surface area (Å²) in [5.74, 6) is -1.01. The second kappa shape index (κ2) is 9.32. The second-order valence-corrected chi connectivity index (χ2v) is 6.40. The van der Waals surface area contributed by atoms with Crippen molar-refractivity contribution in [1.82, 2.24) is 4.90 Å². The third-order valence-corrected chi connectivity index (χ3v) is 4.00. The monoisotopic (exact) mass is 407 g/mol. The largest absolute Gasteiger partial charge is 0.465 e. The molecule has 0 saturated heterocycles. The fraction of sp³-hybridized carbons (Fsp3) is 0.263. The molecule has 2 aromatic carbocycles. The summed E-state index contributed by atoms with van der Waals surface area (Å²) >= 11 is 3.38. The van der Waals surface area contributed by atoms with Crippen LogP contribution in [0.3, 0.4) is 0 Å². The average Bonchev–Trinajstić information content (AvgIpc) is 2.56. The van der Waals surface area contributed by atoms with Crippen LogP contribution in [0.15, 0.2) is 53.0 Å². The highest BCUT2D eigenvalue weighted by Gasteiger charge is 2.19. The summed E-state index contributed by atoms with van der Waals surface area (Å²) in [5, 5.41) is 0. The number of carbonyl (C=O) groups excluding carboxylic acids is 2. The molecule has 1 amide bonds. The number of halogens is 2. The van der Waals surface area contributed by atoms with Crippen LogP contribution in [0, 0.1) is 5.82 Å². The molecule has 0 fully saturated rings. The van der Waals surface area contributed by atoms with E-state index in [-0.39, 0.29) is 37.8 Å². The Morgan fingerprint density at radius 3 is 2.48 bits per heavy atom. The lowest BCUT2D eigenvalue weighted by Crippen LogP contribution is -2.37. The van der Waals surface area contributed by atoms with Crippen LogP contribution >= 0.6 is 15.9 Å². The molecule has 0 aliphatic carbocycles. The lowest BCUT2D eigenvalue weighted by Gasteiger charge is -2.22. The van der Waals surface area contributed by atoms with Crippen LogP contribution in [-0.4, -0.2) is 29.9 Å². The predicted molar refractivity (Wildman–Crippen MR) is 96.3 cm³/mol. The molecule has 0 bridgehead atoms. The van der Waals surface area contributed by atoms with Gasteiger partial charge in [0.1, 0.15) is 12.4 Å². The Labute approximate surface area is 154 Å². The van der Waals surface area contributed by atoms with Crippen LogP contribution in [0.4, 0.5) is 4.39 Å². The molecule has 0 aliphatic rings. The number of nitrogens with zero attached hydrogens (tertiary/aromatic N) is 1. The molecule has 132 valence electrons. The fourth-order valence-electron chi connectivity index (χ4n) is 2.34. The summed E-state index contributed by atoms with van der Waals surface area (Å²) in [5.41, 5.74) is 1.58. The van der Waals surface area contributed by atoms with Gasteiger partial charge in [0.15, 0.2) is 0 Å². The molecule has 0 spiro atoms. The summed E-state index contributed by atoms with van der Waals surface area (Å²) in [6.45, 7) is 2.04. The number of ether oxygens (including phenoxy) is 1.